The Bertz CT molecular complexity index is 528. The number of rotatable bonds is 5. The number of benzene rings is 1. The summed E-state index contributed by atoms with van der Waals surface area (Å²) in [7, 11) is 0. The van der Waals surface area contributed by atoms with Crippen LogP contribution >= 0.6 is 0 Å². The molecule has 1 saturated heterocycles. The summed E-state index contributed by atoms with van der Waals surface area (Å²) in [5.41, 5.74) is 0.445. The third-order valence-corrected chi connectivity index (χ3v) is 4.29. The second-order valence-corrected chi connectivity index (χ2v) is 5.99. The maximum Gasteiger partial charge on any atom is 0.292 e. The Labute approximate surface area is 123 Å². The van der Waals surface area contributed by atoms with Crippen molar-refractivity contribution in [3.05, 3.63) is 34.1 Å². The molecule has 5 nitrogen and oxygen atoms in total. The number of nitro groups is 1. The smallest absolute Gasteiger partial charge is 0.292 e. The fraction of sp³-hybridized carbons (Fsp3) is 0.600. The molecule has 1 aliphatic heterocycles. The first kappa shape index (κ1) is 14.3. The van der Waals surface area contributed by atoms with Crippen molar-refractivity contribution < 1.29 is 9.31 Å². The lowest BCUT2D eigenvalue weighted by atomic mass is 9.98. The molecule has 1 aromatic carbocycles. The van der Waals surface area contributed by atoms with Gasteiger partial charge in [0.1, 0.15) is 11.5 Å². The van der Waals surface area contributed by atoms with E-state index in [0.717, 1.165) is 51.4 Å². The van der Waals surface area contributed by atoms with Crippen LogP contribution in [0.5, 0.6) is 0 Å². The average Bonchev–Trinajstić information content (AvgIpc) is 3.30. The highest BCUT2D eigenvalue weighted by atomic mass is 19.1. The van der Waals surface area contributed by atoms with Crippen LogP contribution < -0.4 is 10.2 Å². The Morgan fingerprint density at radius 3 is 2.81 bits per heavy atom. The molecule has 3 rings (SSSR count). The van der Waals surface area contributed by atoms with E-state index in [4.69, 9.17) is 0 Å². The molecule has 6 heteroatoms. The van der Waals surface area contributed by atoms with Gasteiger partial charge in [0.05, 0.1) is 4.92 Å². The number of hydrogen-bond acceptors (Lipinski definition) is 4. The Kier molecular flexibility index (Phi) is 4.05. The van der Waals surface area contributed by atoms with Crippen LogP contribution in [0, 0.1) is 21.8 Å². The Morgan fingerprint density at radius 1 is 1.38 bits per heavy atom. The number of nitrogens with zero attached hydrogens (tertiary/aromatic N) is 2. The van der Waals surface area contributed by atoms with Crippen LogP contribution in [0.2, 0.25) is 0 Å². The fourth-order valence-corrected chi connectivity index (χ4v) is 3.07. The molecule has 1 aliphatic carbocycles. The predicted molar refractivity (Wildman–Crippen MR) is 79.0 cm³/mol. The van der Waals surface area contributed by atoms with Crippen LogP contribution in [0.3, 0.4) is 0 Å². The summed E-state index contributed by atoms with van der Waals surface area (Å²) < 4.78 is 13.6. The summed E-state index contributed by atoms with van der Waals surface area (Å²) in [5, 5.41) is 14.6. The summed E-state index contributed by atoms with van der Waals surface area (Å²) >= 11 is 0. The van der Waals surface area contributed by atoms with Crippen LogP contribution in [0.1, 0.15) is 25.7 Å². The Morgan fingerprint density at radius 2 is 2.19 bits per heavy atom. The molecule has 0 bridgehead atoms. The van der Waals surface area contributed by atoms with E-state index >= 15 is 0 Å². The van der Waals surface area contributed by atoms with Gasteiger partial charge in [-0.1, -0.05) is 0 Å². The van der Waals surface area contributed by atoms with E-state index < -0.39 is 10.7 Å². The van der Waals surface area contributed by atoms with Crippen molar-refractivity contribution in [3.63, 3.8) is 0 Å². The molecule has 1 unspecified atom stereocenters. The molecule has 2 fully saturated rings. The zero-order chi connectivity index (χ0) is 14.8. The van der Waals surface area contributed by atoms with Gasteiger partial charge in [0.2, 0.25) is 0 Å². The molecule has 1 saturated carbocycles. The summed E-state index contributed by atoms with van der Waals surface area (Å²) in [5.74, 6) is 0.0604. The monoisotopic (exact) mass is 293 g/mol. The van der Waals surface area contributed by atoms with E-state index in [-0.39, 0.29) is 5.69 Å². The summed E-state index contributed by atoms with van der Waals surface area (Å²) in [6.07, 6.45) is 4.33. The van der Waals surface area contributed by atoms with Crippen molar-refractivity contribution in [2.45, 2.75) is 31.7 Å². The first-order valence-electron chi connectivity index (χ1n) is 7.56. The topological polar surface area (TPSA) is 58.4 Å². The zero-order valence-electron chi connectivity index (χ0n) is 11.9. The minimum atomic E-state index is -0.414. The highest BCUT2D eigenvalue weighted by molar-refractivity contribution is 5.64. The molecular formula is C15H20FN3O2. The van der Waals surface area contributed by atoms with Crippen molar-refractivity contribution in [2.24, 2.45) is 5.92 Å². The fourth-order valence-electron chi connectivity index (χ4n) is 3.07. The molecule has 0 aromatic heterocycles. The first-order valence-corrected chi connectivity index (χ1v) is 7.56. The minimum absolute atomic E-state index is 0.00655. The van der Waals surface area contributed by atoms with Gasteiger partial charge in [0, 0.05) is 24.7 Å². The standard InChI is InChI=1S/C15H20FN3O2/c16-12-3-6-14(19(20)21)15(8-12)18(13-4-5-13)10-11-2-1-7-17-9-11/h3,6,8,11,13,17H,1-2,4-5,7,9-10H2. The van der Waals surface area contributed by atoms with Crippen LogP contribution in [0.25, 0.3) is 0 Å². The highest BCUT2D eigenvalue weighted by Gasteiger charge is 2.34. The number of nitro benzene ring substituents is 1. The lowest BCUT2D eigenvalue weighted by Crippen LogP contribution is -2.39. The van der Waals surface area contributed by atoms with Gasteiger partial charge in [-0.25, -0.2) is 4.39 Å². The SMILES string of the molecule is O=[N+]([O-])c1ccc(F)cc1N(CC1CCCNC1)C1CC1. The van der Waals surface area contributed by atoms with Gasteiger partial charge in [-0.3, -0.25) is 10.1 Å². The molecule has 1 atom stereocenters. The number of halogens is 1. The molecular weight excluding hydrogens is 273 g/mol. The molecule has 0 spiro atoms. The number of hydrogen-bond donors (Lipinski definition) is 1. The van der Waals surface area contributed by atoms with Crippen LogP contribution in [-0.4, -0.2) is 30.6 Å². The molecule has 1 heterocycles. The maximum atomic E-state index is 13.6. The van der Waals surface area contributed by atoms with Gasteiger partial charge in [-0.05, 0) is 50.8 Å². The van der Waals surface area contributed by atoms with Crippen molar-refractivity contribution in [1.82, 2.24) is 5.32 Å². The Balaban J connectivity index is 1.86. The van der Waals surface area contributed by atoms with Crippen molar-refractivity contribution in [1.29, 1.82) is 0 Å². The third kappa shape index (κ3) is 3.32. The normalized spacial score (nSPS) is 22.0. The maximum absolute atomic E-state index is 13.6. The predicted octanol–water partition coefficient (Wildman–Crippen LogP) is 2.70. The Hall–Kier alpha value is -1.69. The van der Waals surface area contributed by atoms with Crippen molar-refractivity contribution in [2.75, 3.05) is 24.5 Å². The number of anilines is 1. The van der Waals surface area contributed by atoms with E-state index in [0.29, 0.717) is 17.6 Å². The van der Waals surface area contributed by atoms with Gasteiger partial charge < -0.3 is 10.2 Å². The van der Waals surface area contributed by atoms with Crippen LogP contribution in [-0.2, 0) is 0 Å². The molecule has 2 aliphatic rings. The first-order chi connectivity index (χ1) is 10.1. The van der Waals surface area contributed by atoms with E-state index in [1.165, 1.54) is 12.1 Å². The molecule has 1 N–H and O–H groups in total. The van der Waals surface area contributed by atoms with Crippen molar-refractivity contribution in [3.8, 4) is 0 Å². The van der Waals surface area contributed by atoms with E-state index in [9.17, 15) is 14.5 Å². The summed E-state index contributed by atoms with van der Waals surface area (Å²) in [6.45, 7) is 2.74. The quantitative estimate of drug-likeness (QED) is 0.670. The van der Waals surface area contributed by atoms with Gasteiger partial charge in [0.15, 0.2) is 0 Å². The molecule has 0 amide bonds. The lowest BCUT2D eigenvalue weighted by molar-refractivity contribution is -0.384. The van der Waals surface area contributed by atoms with Crippen LogP contribution in [0.4, 0.5) is 15.8 Å². The summed E-state index contributed by atoms with van der Waals surface area (Å²) in [6, 6.07) is 4.08. The number of piperidine rings is 1. The zero-order valence-corrected chi connectivity index (χ0v) is 11.9. The van der Waals surface area contributed by atoms with E-state index in [1.54, 1.807) is 0 Å². The van der Waals surface area contributed by atoms with E-state index in [2.05, 4.69) is 10.2 Å². The molecule has 1 aromatic rings. The third-order valence-electron chi connectivity index (χ3n) is 4.29. The van der Waals surface area contributed by atoms with Gasteiger partial charge in [-0.15, -0.1) is 0 Å². The largest absolute Gasteiger partial charge is 0.363 e. The lowest BCUT2D eigenvalue weighted by Gasteiger charge is -2.31. The highest BCUT2D eigenvalue weighted by Crippen LogP contribution is 2.38. The van der Waals surface area contributed by atoms with Crippen molar-refractivity contribution >= 4 is 11.4 Å². The van der Waals surface area contributed by atoms with Crippen LogP contribution in [0.15, 0.2) is 18.2 Å². The average molecular weight is 293 g/mol. The van der Waals surface area contributed by atoms with Gasteiger partial charge in [-0.2, -0.15) is 0 Å². The molecule has 114 valence electrons. The minimum Gasteiger partial charge on any atom is -0.363 e. The molecule has 0 radical (unpaired) electrons. The van der Waals surface area contributed by atoms with E-state index in [1.807, 2.05) is 0 Å². The van der Waals surface area contributed by atoms with Gasteiger partial charge >= 0.3 is 0 Å². The number of nitrogens with one attached hydrogen (secondary N) is 1. The molecule has 21 heavy (non-hydrogen) atoms. The summed E-state index contributed by atoms with van der Waals surface area (Å²) in [4.78, 5) is 12.9. The second-order valence-electron chi connectivity index (χ2n) is 5.99. The second kappa shape index (κ2) is 5.97. The van der Waals surface area contributed by atoms with Gasteiger partial charge in [0.25, 0.3) is 5.69 Å².